The maximum atomic E-state index is 11.3. The number of ether oxygens (including phenoxy) is 1. The molecule has 0 aliphatic carbocycles. The number of benzene rings is 1. The van der Waals surface area contributed by atoms with Crippen LogP contribution in [0.4, 0.5) is 0 Å². The van der Waals surface area contributed by atoms with E-state index in [-0.39, 0.29) is 6.61 Å². The fraction of sp³-hybridized carbons (Fsp3) is 0.417. The van der Waals surface area contributed by atoms with Gasteiger partial charge in [0.25, 0.3) is 0 Å². The highest BCUT2D eigenvalue weighted by molar-refractivity contribution is 9.10. The zero-order chi connectivity index (χ0) is 13.0. The maximum Gasteiger partial charge on any atom is 0.338 e. The highest BCUT2D eigenvalue weighted by Gasteiger charge is 2.28. The Morgan fingerprint density at radius 3 is 2.71 bits per heavy atom. The second kappa shape index (κ2) is 6.14. The molecule has 0 fully saturated rings. The Morgan fingerprint density at radius 1 is 1.47 bits per heavy atom. The van der Waals surface area contributed by atoms with Gasteiger partial charge in [-0.3, -0.25) is 0 Å². The summed E-state index contributed by atoms with van der Waals surface area (Å²) in [6.45, 7) is 3.66. The van der Waals surface area contributed by atoms with Crippen LogP contribution < -0.4 is 0 Å². The highest BCUT2D eigenvalue weighted by atomic mass is 79.9. The lowest BCUT2D eigenvalue weighted by Crippen LogP contribution is -2.30. The largest absolute Gasteiger partial charge is 0.464 e. The number of aliphatic hydroxyl groups excluding tert-OH is 2. The monoisotopic (exact) mass is 302 g/mol. The maximum absolute atomic E-state index is 11.3. The number of halogens is 1. The predicted molar refractivity (Wildman–Crippen MR) is 66.5 cm³/mol. The lowest BCUT2D eigenvalue weighted by Gasteiger charge is -2.18. The van der Waals surface area contributed by atoms with E-state index >= 15 is 0 Å². The van der Waals surface area contributed by atoms with Crippen molar-refractivity contribution < 1.29 is 19.7 Å². The molecule has 0 saturated carbocycles. The summed E-state index contributed by atoms with van der Waals surface area (Å²) < 4.78 is 5.29. The molecule has 1 aromatic carbocycles. The van der Waals surface area contributed by atoms with Crippen LogP contribution in [0.5, 0.6) is 0 Å². The van der Waals surface area contributed by atoms with Crippen molar-refractivity contribution in [2.45, 2.75) is 26.1 Å². The summed E-state index contributed by atoms with van der Waals surface area (Å²) in [5.41, 5.74) is 1.39. The number of carbonyl (C=O) groups is 1. The molecule has 2 N–H and O–H groups in total. The van der Waals surface area contributed by atoms with Gasteiger partial charge in [-0.25, -0.2) is 4.79 Å². The Bertz CT molecular complexity index is 405. The van der Waals surface area contributed by atoms with Crippen molar-refractivity contribution in [2.75, 3.05) is 6.61 Å². The van der Waals surface area contributed by atoms with Crippen molar-refractivity contribution in [3.8, 4) is 0 Å². The Labute approximate surface area is 108 Å². The molecular formula is C12H15BrO4. The molecule has 0 aliphatic rings. The molecule has 0 aliphatic heterocycles. The minimum Gasteiger partial charge on any atom is -0.464 e. The SMILES string of the molecule is CCOC(=O)C(O)C(O)c1cc(C)ccc1Br. The van der Waals surface area contributed by atoms with Gasteiger partial charge in [-0.1, -0.05) is 33.6 Å². The quantitative estimate of drug-likeness (QED) is 0.831. The molecule has 2 unspecified atom stereocenters. The summed E-state index contributed by atoms with van der Waals surface area (Å²) in [7, 11) is 0. The summed E-state index contributed by atoms with van der Waals surface area (Å²) in [4.78, 5) is 11.3. The molecule has 0 heterocycles. The van der Waals surface area contributed by atoms with Gasteiger partial charge in [-0.15, -0.1) is 0 Å². The number of hydrogen-bond donors (Lipinski definition) is 2. The highest BCUT2D eigenvalue weighted by Crippen LogP contribution is 2.27. The van der Waals surface area contributed by atoms with Gasteiger partial charge in [-0.05, 0) is 25.5 Å². The molecule has 0 bridgehead atoms. The van der Waals surface area contributed by atoms with Crippen molar-refractivity contribution in [1.82, 2.24) is 0 Å². The normalized spacial score (nSPS) is 14.2. The molecule has 17 heavy (non-hydrogen) atoms. The molecular weight excluding hydrogens is 288 g/mol. The summed E-state index contributed by atoms with van der Waals surface area (Å²) in [6, 6.07) is 5.32. The van der Waals surface area contributed by atoms with Crippen LogP contribution in [0.2, 0.25) is 0 Å². The Kier molecular flexibility index (Phi) is 5.11. The van der Waals surface area contributed by atoms with E-state index in [9.17, 15) is 15.0 Å². The van der Waals surface area contributed by atoms with E-state index in [1.54, 1.807) is 19.1 Å². The molecule has 5 heteroatoms. The minimum absolute atomic E-state index is 0.164. The van der Waals surface area contributed by atoms with Crippen LogP contribution in [0, 0.1) is 6.92 Å². The van der Waals surface area contributed by atoms with Crippen LogP contribution in [-0.2, 0) is 9.53 Å². The lowest BCUT2D eigenvalue weighted by atomic mass is 10.0. The summed E-state index contributed by atoms with van der Waals surface area (Å²) in [6.07, 6.45) is -2.88. The first-order chi connectivity index (χ1) is 7.97. The second-order valence-corrected chi connectivity index (χ2v) is 4.52. The van der Waals surface area contributed by atoms with Crippen molar-refractivity contribution >= 4 is 21.9 Å². The molecule has 2 atom stereocenters. The van der Waals surface area contributed by atoms with Crippen LogP contribution >= 0.6 is 15.9 Å². The summed E-state index contributed by atoms with van der Waals surface area (Å²) >= 11 is 3.26. The van der Waals surface area contributed by atoms with Crippen LogP contribution in [0.25, 0.3) is 0 Å². The standard InChI is InChI=1S/C12H15BrO4/c1-3-17-12(16)11(15)10(14)8-6-7(2)4-5-9(8)13/h4-6,10-11,14-15H,3H2,1-2H3. The lowest BCUT2D eigenvalue weighted by molar-refractivity contribution is -0.159. The van der Waals surface area contributed by atoms with Gasteiger partial charge < -0.3 is 14.9 Å². The Morgan fingerprint density at radius 2 is 2.12 bits per heavy atom. The van der Waals surface area contributed by atoms with Crippen molar-refractivity contribution in [3.05, 3.63) is 33.8 Å². The van der Waals surface area contributed by atoms with E-state index < -0.39 is 18.2 Å². The number of carbonyl (C=O) groups excluding carboxylic acids is 1. The van der Waals surface area contributed by atoms with E-state index in [0.717, 1.165) is 5.56 Å². The predicted octanol–water partition coefficient (Wildman–Crippen LogP) is 1.71. The van der Waals surface area contributed by atoms with Crippen LogP contribution in [0.15, 0.2) is 22.7 Å². The zero-order valence-corrected chi connectivity index (χ0v) is 11.3. The van der Waals surface area contributed by atoms with Crippen molar-refractivity contribution in [3.63, 3.8) is 0 Å². The molecule has 4 nitrogen and oxygen atoms in total. The van der Waals surface area contributed by atoms with Gasteiger partial charge >= 0.3 is 5.97 Å². The van der Waals surface area contributed by atoms with Gasteiger partial charge in [0.15, 0.2) is 6.10 Å². The van der Waals surface area contributed by atoms with Gasteiger partial charge in [0.2, 0.25) is 0 Å². The number of aliphatic hydroxyl groups is 2. The number of aryl methyl sites for hydroxylation is 1. The molecule has 0 amide bonds. The first kappa shape index (κ1) is 14.2. The Hall–Kier alpha value is -0.910. The molecule has 0 saturated heterocycles. The number of hydrogen-bond acceptors (Lipinski definition) is 4. The molecule has 1 aromatic rings. The van der Waals surface area contributed by atoms with E-state index in [0.29, 0.717) is 10.0 Å². The zero-order valence-electron chi connectivity index (χ0n) is 9.68. The molecule has 0 aromatic heterocycles. The van der Waals surface area contributed by atoms with E-state index in [1.807, 2.05) is 13.0 Å². The molecule has 0 radical (unpaired) electrons. The third kappa shape index (κ3) is 3.52. The molecule has 0 spiro atoms. The van der Waals surface area contributed by atoms with Crippen LogP contribution in [0.1, 0.15) is 24.2 Å². The fourth-order valence-corrected chi connectivity index (χ4v) is 1.90. The first-order valence-electron chi connectivity index (χ1n) is 5.26. The summed E-state index contributed by atoms with van der Waals surface area (Å²) in [5.74, 6) is -0.826. The van der Waals surface area contributed by atoms with Crippen molar-refractivity contribution in [2.24, 2.45) is 0 Å². The van der Waals surface area contributed by atoms with E-state index in [2.05, 4.69) is 20.7 Å². The average molecular weight is 303 g/mol. The third-order valence-corrected chi connectivity index (χ3v) is 3.02. The van der Waals surface area contributed by atoms with Gasteiger partial charge in [0.1, 0.15) is 6.10 Å². The van der Waals surface area contributed by atoms with E-state index in [1.165, 1.54) is 0 Å². The molecule has 1 rings (SSSR count). The van der Waals surface area contributed by atoms with Gasteiger partial charge in [-0.2, -0.15) is 0 Å². The van der Waals surface area contributed by atoms with E-state index in [4.69, 9.17) is 0 Å². The minimum atomic E-state index is -1.58. The van der Waals surface area contributed by atoms with Gasteiger partial charge in [0, 0.05) is 4.47 Å². The van der Waals surface area contributed by atoms with Crippen molar-refractivity contribution in [1.29, 1.82) is 0 Å². The Balaban J connectivity index is 2.91. The topological polar surface area (TPSA) is 66.8 Å². The second-order valence-electron chi connectivity index (χ2n) is 3.67. The summed E-state index contributed by atoms with van der Waals surface area (Å²) in [5, 5.41) is 19.6. The number of rotatable bonds is 4. The smallest absolute Gasteiger partial charge is 0.338 e. The number of esters is 1. The first-order valence-corrected chi connectivity index (χ1v) is 6.05. The average Bonchev–Trinajstić information content (AvgIpc) is 2.30. The van der Waals surface area contributed by atoms with Crippen LogP contribution in [-0.4, -0.2) is 28.9 Å². The molecule has 94 valence electrons. The van der Waals surface area contributed by atoms with Crippen LogP contribution in [0.3, 0.4) is 0 Å². The fourth-order valence-electron chi connectivity index (χ4n) is 1.42. The third-order valence-electron chi connectivity index (χ3n) is 2.30. The van der Waals surface area contributed by atoms with Gasteiger partial charge in [0.05, 0.1) is 6.61 Å².